The van der Waals surface area contributed by atoms with Crippen LogP contribution in [0.25, 0.3) is 0 Å². The molecular weight excluding hydrogens is 294 g/mol. The number of hydrogen-bond acceptors (Lipinski definition) is 6. The van der Waals surface area contributed by atoms with E-state index in [0.717, 1.165) is 12.5 Å². The molecule has 0 saturated heterocycles. The van der Waals surface area contributed by atoms with Gasteiger partial charge in [0.15, 0.2) is 0 Å². The van der Waals surface area contributed by atoms with Crippen molar-refractivity contribution in [1.29, 1.82) is 0 Å². The van der Waals surface area contributed by atoms with E-state index in [0.29, 0.717) is 26.4 Å². The zero-order chi connectivity index (χ0) is 15.4. The van der Waals surface area contributed by atoms with Crippen LogP contribution in [0.2, 0.25) is 6.04 Å². The summed E-state index contributed by atoms with van der Waals surface area (Å²) >= 11 is 0. The molecule has 0 aromatic heterocycles. The Morgan fingerprint density at radius 1 is 1.00 bits per heavy atom. The predicted molar refractivity (Wildman–Crippen MR) is 73.3 cm³/mol. The van der Waals surface area contributed by atoms with Crippen LogP contribution in [-0.4, -0.2) is 52.7 Å². The summed E-state index contributed by atoms with van der Waals surface area (Å²) in [5.74, 6) is 0. The lowest BCUT2D eigenvalue weighted by molar-refractivity contribution is 0.0710. The Morgan fingerprint density at radius 3 is 1.53 bits per heavy atom. The van der Waals surface area contributed by atoms with Gasteiger partial charge in [0.1, 0.15) is 0 Å². The van der Waals surface area contributed by atoms with Gasteiger partial charge in [0.25, 0.3) is 0 Å². The van der Waals surface area contributed by atoms with Crippen LogP contribution in [0.1, 0.15) is 27.2 Å². The zero-order valence-corrected chi connectivity index (χ0v) is 13.5. The van der Waals surface area contributed by atoms with Crippen molar-refractivity contribution in [3.05, 3.63) is 0 Å². The first-order valence-corrected chi connectivity index (χ1v) is 9.39. The molecule has 0 spiro atoms. The molecule has 0 bridgehead atoms. The summed E-state index contributed by atoms with van der Waals surface area (Å²) in [6.45, 7) is 8.44. The maximum atomic E-state index is 8.74. The van der Waals surface area contributed by atoms with E-state index in [-0.39, 0.29) is 0 Å². The highest BCUT2D eigenvalue weighted by Crippen LogP contribution is 2.17. The van der Waals surface area contributed by atoms with Crippen molar-refractivity contribution < 1.29 is 30.8 Å². The van der Waals surface area contributed by atoms with Gasteiger partial charge < -0.3 is 19.0 Å². The highest BCUT2D eigenvalue weighted by Gasteiger charge is 2.39. The largest absolute Gasteiger partial charge is 0.500 e. The summed E-state index contributed by atoms with van der Waals surface area (Å²) in [5.41, 5.74) is 5.48. The molecule has 0 aliphatic rings. The smallest absolute Gasteiger partial charge is 0.374 e. The molecule has 4 N–H and O–H groups in total. The van der Waals surface area contributed by atoms with E-state index in [2.05, 4.69) is 0 Å². The zero-order valence-electron chi connectivity index (χ0n) is 11.7. The summed E-state index contributed by atoms with van der Waals surface area (Å²) in [6.07, 6.45) is 0.895. The van der Waals surface area contributed by atoms with E-state index in [4.69, 9.17) is 36.5 Å². The Morgan fingerprint density at radius 2 is 1.32 bits per heavy atom. The maximum Gasteiger partial charge on any atom is 0.500 e. The molecule has 0 amide bonds. The molecule has 0 unspecified atom stereocenters. The average Bonchev–Trinajstić information content (AvgIpc) is 2.25. The summed E-state index contributed by atoms with van der Waals surface area (Å²) in [5, 5.41) is 0. The Hall–Kier alpha value is -0.0731. The third kappa shape index (κ3) is 15.9. The van der Waals surface area contributed by atoms with Gasteiger partial charge in [-0.2, -0.15) is 8.42 Å². The molecule has 8 nitrogen and oxygen atoms in total. The van der Waals surface area contributed by atoms with Crippen LogP contribution < -0.4 is 5.73 Å². The van der Waals surface area contributed by atoms with E-state index in [1.807, 2.05) is 20.8 Å². The van der Waals surface area contributed by atoms with Crippen molar-refractivity contribution in [2.45, 2.75) is 33.2 Å². The van der Waals surface area contributed by atoms with Crippen molar-refractivity contribution in [3.8, 4) is 0 Å². The highest BCUT2D eigenvalue weighted by molar-refractivity contribution is 7.79. The topological polar surface area (TPSA) is 128 Å². The molecule has 0 aromatic carbocycles. The van der Waals surface area contributed by atoms with E-state index >= 15 is 0 Å². The average molecular weight is 319 g/mol. The minimum absolute atomic E-state index is 0.636. The third-order valence-corrected chi connectivity index (χ3v) is 4.93. The van der Waals surface area contributed by atoms with Crippen LogP contribution in [0.4, 0.5) is 0 Å². The van der Waals surface area contributed by atoms with Crippen LogP contribution in [0.15, 0.2) is 0 Å². The standard InChI is InChI=1S/C9H23NO3Si.H2O4S/c1-4-11-14(12-5-2,13-6-3)9-7-8-10;1-5(2,3)4/h4-10H2,1-3H3;(H2,1,2,3,4). The lowest BCUT2D eigenvalue weighted by Crippen LogP contribution is -2.46. The molecule has 0 atom stereocenters. The van der Waals surface area contributed by atoms with Gasteiger partial charge in [-0.15, -0.1) is 0 Å². The van der Waals surface area contributed by atoms with Gasteiger partial charge in [-0.25, -0.2) is 0 Å². The van der Waals surface area contributed by atoms with Crippen LogP contribution in [0, 0.1) is 0 Å². The van der Waals surface area contributed by atoms with E-state index in [1.165, 1.54) is 0 Å². The molecule has 0 aliphatic heterocycles. The maximum absolute atomic E-state index is 8.74. The van der Waals surface area contributed by atoms with E-state index in [9.17, 15) is 0 Å². The molecule has 0 radical (unpaired) electrons. The number of rotatable bonds is 9. The van der Waals surface area contributed by atoms with Crippen LogP contribution in [0.5, 0.6) is 0 Å². The van der Waals surface area contributed by atoms with E-state index in [1.54, 1.807) is 0 Å². The van der Waals surface area contributed by atoms with Crippen molar-refractivity contribution in [3.63, 3.8) is 0 Å². The van der Waals surface area contributed by atoms with Crippen molar-refractivity contribution in [2.75, 3.05) is 26.4 Å². The Labute approximate surface area is 116 Å². The molecule has 0 aliphatic carbocycles. The fourth-order valence-electron chi connectivity index (χ4n) is 1.32. The molecule has 0 saturated carbocycles. The van der Waals surface area contributed by atoms with Gasteiger partial charge in [-0.1, -0.05) is 0 Å². The fraction of sp³-hybridized carbons (Fsp3) is 1.00. The Kier molecular flexibility index (Phi) is 13.1. The SMILES string of the molecule is CCO[Si](CCCN)(OCC)OCC.O=S(=O)(O)O. The van der Waals surface area contributed by atoms with Gasteiger partial charge in [-0.05, 0) is 33.7 Å². The van der Waals surface area contributed by atoms with Crippen LogP contribution in [-0.2, 0) is 23.7 Å². The molecule has 118 valence electrons. The first-order valence-electron chi connectivity index (χ1n) is 6.06. The first-order chi connectivity index (χ1) is 8.74. The summed E-state index contributed by atoms with van der Waals surface area (Å²) in [6, 6.07) is 0.818. The monoisotopic (exact) mass is 319 g/mol. The highest BCUT2D eigenvalue weighted by atomic mass is 32.3. The second kappa shape index (κ2) is 11.7. The molecule has 0 rings (SSSR count). The fourth-order valence-corrected chi connectivity index (χ4v) is 3.96. The lowest BCUT2D eigenvalue weighted by atomic mass is 10.5. The van der Waals surface area contributed by atoms with Gasteiger partial charge in [0.2, 0.25) is 0 Å². The normalized spacial score (nSPS) is 11.9. The second-order valence-electron chi connectivity index (χ2n) is 3.32. The quantitative estimate of drug-likeness (QED) is 0.419. The molecule has 0 fully saturated rings. The van der Waals surface area contributed by atoms with Gasteiger partial charge in [0.05, 0.1) is 0 Å². The van der Waals surface area contributed by atoms with Crippen LogP contribution >= 0.6 is 0 Å². The molecule has 19 heavy (non-hydrogen) atoms. The van der Waals surface area contributed by atoms with Gasteiger partial charge in [-0.3, -0.25) is 9.11 Å². The van der Waals surface area contributed by atoms with Crippen LogP contribution in [0.3, 0.4) is 0 Å². The number of hydrogen-bond donors (Lipinski definition) is 3. The Balaban J connectivity index is 0. The van der Waals surface area contributed by atoms with Crippen molar-refractivity contribution in [1.82, 2.24) is 0 Å². The first kappa shape index (κ1) is 21.2. The summed E-state index contributed by atoms with van der Waals surface area (Å²) in [7, 11) is -7.06. The number of nitrogens with two attached hydrogens (primary N) is 1. The van der Waals surface area contributed by atoms with E-state index < -0.39 is 19.2 Å². The summed E-state index contributed by atoms with van der Waals surface area (Å²) < 4.78 is 48.5. The lowest BCUT2D eigenvalue weighted by Gasteiger charge is -2.28. The summed E-state index contributed by atoms with van der Waals surface area (Å²) in [4.78, 5) is 0. The molecule has 0 heterocycles. The van der Waals surface area contributed by atoms with Gasteiger partial charge in [0, 0.05) is 25.9 Å². The van der Waals surface area contributed by atoms with Gasteiger partial charge >= 0.3 is 19.2 Å². The molecule has 10 heteroatoms. The minimum atomic E-state index is -4.67. The Bertz CT molecular complexity index is 274. The van der Waals surface area contributed by atoms with Crippen molar-refractivity contribution >= 4 is 19.2 Å². The predicted octanol–water partition coefficient (Wildman–Crippen LogP) is 0.731. The second-order valence-corrected chi connectivity index (χ2v) is 6.95. The molecular formula is C9H25NO7SSi. The minimum Gasteiger partial charge on any atom is -0.374 e. The molecule has 0 aromatic rings. The third-order valence-electron chi connectivity index (χ3n) is 1.78. The van der Waals surface area contributed by atoms with Crippen molar-refractivity contribution in [2.24, 2.45) is 5.73 Å².